The molecule has 0 spiro atoms. The van der Waals surface area contributed by atoms with E-state index in [1.807, 2.05) is 0 Å². The van der Waals surface area contributed by atoms with Crippen molar-refractivity contribution in [2.45, 2.75) is 39.2 Å². The Morgan fingerprint density at radius 2 is 2.10 bits per heavy atom. The van der Waals surface area contributed by atoms with Crippen molar-refractivity contribution in [2.75, 3.05) is 6.54 Å². The largest absolute Gasteiger partial charge is 0.314 e. The Labute approximate surface area is 123 Å². The van der Waals surface area contributed by atoms with Crippen molar-refractivity contribution in [1.82, 2.24) is 15.3 Å². The topological polar surface area (TPSA) is 81.0 Å². The van der Waals surface area contributed by atoms with Gasteiger partial charge in [-0.2, -0.15) is 0 Å². The number of nitro benzene ring substituents is 1. The molecule has 1 aromatic carbocycles. The molecule has 2 rings (SSSR count). The molecule has 0 radical (unpaired) electrons. The Kier molecular flexibility index (Phi) is 4.80. The molecule has 0 fully saturated rings. The van der Waals surface area contributed by atoms with Gasteiger partial charge in [0.2, 0.25) is 0 Å². The summed E-state index contributed by atoms with van der Waals surface area (Å²) in [6.07, 6.45) is 2.49. The number of nitrogens with one attached hydrogen (secondary N) is 1. The Bertz CT molecular complexity index is 645. The molecule has 0 bridgehead atoms. The summed E-state index contributed by atoms with van der Waals surface area (Å²) >= 11 is 0. The fourth-order valence-electron chi connectivity index (χ4n) is 2.67. The van der Waals surface area contributed by atoms with Gasteiger partial charge in [-0.3, -0.25) is 10.1 Å². The van der Waals surface area contributed by atoms with Crippen LogP contribution >= 0.6 is 0 Å². The maximum atomic E-state index is 11.0. The third-order valence-corrected chi connectivity index (χ3v) is 3.80. The molecule has 112 valence electrons. The normalized spacial score (nSPS) is 14.0. The fraction of sp³-hybridized carbons (Fsp3) is 0.467. The quantitative estimate of drug-likeness (QED) is 0.652. The molecule has 0 aliphatic heterocycles. The van der Waals surface area contributed by atoms with Gasteiger partial charge in [-0.1, -0.05) is 20.8 Å². The number of non-ortho nitro benzene ring substituents is 1. The molecule has 0 aliphatic carbocycles. The molecule has 1 heterocycles. The summed E-state index contributed by atoms with van der Waals surface area (Å²) in [5.74, 6) is 0.155. The summed E-state index contributed by atoms with van der Waals surface area (Å²) in [6.45, 7) is 7.16. The molecule has 0 aliphatic rings. The number of nitrogens with zero attached hydrogens (tertiary/aromatic N) is 3. The summed E-state index contributed by atoms with van der Waals surface area (Å²) < 4.78 is 0. The zero-order valence-electron chi connectivity index (χ0n) is 12.5. The Hall–Kier alpha value is -2.08. The van der Waals surface area contributed by atoms with Crippen molar-refractivity contribution in [3.05, 3.63) is 40.3 Å². The van der Waals surface area contributed by atoms with E-state index in [1.54, 1.807) is 12.1 Å². The molecule has 2 aromatic rings. The van der Waals surface area contributed by atoms with Crippen molar-refractivity contribution < 1.29 is 4.92 Å². The van der Waals surface area contributed by atoms with Crippen molar-refractivity contribution >= 4 is 16.6 Å². The molecule has 1 aromatic heterocycles. The summed E-state index contributed by atoms with van der Waals surface area (Å²) in [6, 6.07) is 5.01. The summed E-state index contributed by atoms with van der Waals surface area (Å²) in [4.78, 5) is 19.2. The molecule has 21 heavy (non-hydrogen) atoms. The van der Waals surface area contributed by atoms with Crippen LogP contribution in [0.5, 0.6) is 0 Å². The fourth-order valence-corrected chi connectivity index (χ4v) is 2.67. The van der Waals surface area contributed by atoms with Gasteiger partial charge in [0, 0.05) is 29.5 Å². The van der Waals surface area contributed by atoms with E-state index >= 15 is 0 Å². The van der Waals surface area contributed by atoms with Gasteiger partial charge in [0.1, 0.15) is 6.33 Å². The molecule has 6 heteroatoms. The third-order valence-electron chi connectivity index (χ3n) is 3.80. The first-order chi connectivity index (χ1) is 10.1. The maximum Gasteiger partial charge on any atom is 0.270 e. The highest BCUT2D eigenvalue weighted by Gasteiger charge is 2.21. The van der Waals surface area contributed by atoms with E-state index in [4.69, 9.17) is 0 Å². The van der Waals surface area contributed by atoms with E-state index in [9.17, 15) is 10.1 Å². The van der Waals surface area contributed by atoms with Gasteiger partial charge >= 0.3 is 0 Å². The van der Waals surface area contributed by atoms with Gasteiger partial charge in [0.15, 0.2) is 0 Å². The second-order valence-corrected chi connectivity index (χ2v) is 5.08. The van der Waals surface area contributed by atoms with Gasteiger partial charge in [-0.15, -0.1) is 0 Å². The van der Waals surface area contributed by atoms with Crippen LogP contribution in [0.25, 0.3) is 10.9 Å². The van der Waals surface area contributed by atoms with Crippen LogP contribution in [0.15, 0.2) is 24.5 Å². The van der Waals surface area contributed by atoms with Crippen molar-refractivity contribution in [2.24, 2.45) is 0 Å². The number of aromatic nitrogens is 2. The molecule has 6 nitrogen and oxygen atoms in total. The zero-order valence-corrected chi connectivity index (χ0v) is 12.5. The number of hydrogen-bond donors (Lipinski definition) is 1. The lowest BCUT2D eigenvalue weighted by atomic mass is 9.93. The average molecular weight is 288 g/mol. The number of benzene rings is 1. The second kappa shape index (κ2) is 6.58. The molecular weight excluding hydrogens is 268 g/mol. The zero-order chi connectivity index (χ0) is 15.4. The summed E-state index contributed by atoms with van der Waals surface area (Å²) in [7, 11) is 0. The number of hydrogen-bond acceptors (Lipinski definition) is 5. The van der Waals surface area contributed by atoms with Crippen molar-refractivity contribution in [1.29, 1.82) is 0 Å². The van der Waals surface area contributed by atoms with E-state index in [1.165, 1.54) is 12.4 Å². The minimum absolute atomic E-state index is 0.0715. The Balaban J connectivity index is 2.51. The lowest BCUT2D eigenvalue weighted by molar-refractivity contribution is -0.384. The monoisotopic (exact) mass is 288 g/mol. The highest BCUT2D eigenvalue weighted by Crippen LogP contribution is 2.28. The average Bonchev–Trinajstić information content (AvgIpc) is 2.50. The molecule has 0 amide bonds. The SMILES string of the molecule is CCNC(CC)C(C)c1ncnc2ccc([N+](=O)[O-])cc12. The number of nitro groups is 1. The minimum atomic E-state index is -0.386. The number of rotatable bonds is 6. The van der Waals surface area contributed by atoms with Crippen LogP contribution in [0.4, 0.5) is 5.69 Å². The van der Waals surface area contributed by atoms with E-state index in [0.29, 0.717) is 0 Å². The van der Waals surface area contributed by atoms with Crippen LogP contribution in [-0.4, -0.2) is 27.5 Å². The van der Waals surface area contributed by atoms with E-state index < -0.39 is 0 Å². The second-order valence-electron chi connectivity index (χ2n) is 5.08. The lowest BCUT2D eigenvalue weighted by Gasteiger charge is -2.23. The van der Waals surface area contributed by atoms with E-state index in [-0.39, 0.29) is 22.6 Å². The first-order valence-corrected chi connectivity index (χ1v) is 7.20. The Morgan fingerprint density at radius 1 is 1.33 bits per heavy atom. The highest BCUT2D eigenvalue weighted by molar-refractivity contribution is 5.83. The molecule has 2 unspecified atom stereocenters. The van der Waals surface area contributed by atoms with Gasteiger partial charge in [0.05, 0.1) is 16.1 Å². The smallest absolute Gasteiger partial charge is 0.270 e. The molecule has 0 saturated heterocycles. The summed E-state index contributed by atoms with van der Waals surface area (Å²) in [5.41, 5.74) is 1.67. The van der Waals surface area contributed by atoms with Crippen LogP contribution in [0.3, 0.4) is 0 Å². The number of likely N-dealkylation sites (N-methyl/N-ethyl adjacent to an activating group) is 1. The van der Waals surface area contributed by atoms with Gasteiger partial charge in [-0.25, -0.2) is 9.97 Å². The lowest BCUT2D eigenvalue weighted by Crippen LogP contribution is -2.33. The molecule has 0 saturated carbocycles. The minimum Gasteiger partial charge on any atom is -0.314 e. The van der Waals surface area contributed by atoms with E-state index in [0.717, 1.165) is 29.6 Å². The first kappa shape index (κ1) is 15.3. The van der Waals surface area contributed by atoms with Crippen molar-refractivity contribution in [3.8, 4) is 0 Å². The van der Waals surface area contributed by atoms with Crippen LogP contribution in [0.2, 0.25) is 0 Å². The van der Waals surface area contributed by atoms with Gasteiger partial charge < -0.3 is 5.32 Å². The Morgan fingerprint density at radius 3 is 2.71 bits per heavy atom. The van der Waals surface area contributed by atoms with Crippen molar-refractivity contribution in [3.63, 3.8) is 0 Å². The van der Waals surface area contributed by atoms with Crippen LogP contribution in [0.1, 0.15) is 38.8 Å². The molecule has 1 N–H and O–H groups in total. The highest BCUT2D eigenvalue weighted by atomic mass is 16.6. The summed E-state index contributed by atoms with van der Waals surface area (Å²) in [5, 5.41) is 15.2. The van der Waals surface area contributed by atoms with Crippen LogP contribution < -0.4 is 5.32 Å². The number of fused-ring (bicyclic) bond motifs is 1. The molecule has 2 atom stereocenters. The van der Waals surface area contributed by atoms with E-state index in [2.05, 4.69) is 36.1 Å². The predicted molar refractivity (Wildman–Crippen MR) is 82.4 cm³/mol. The first-order valence-electron chi connectivity index (χ1n) is 7.20. The van der Waals surface area contributed by atoms with Gasteiger partial charge in [-0.05, 0) is 19.0 Å². The maximum absolute atomic E-state index is 11.0. The molecular formula is C15H20N4O2. The van der Waals surface area contributed by atoms with Crippen LogP contribution in [0, 0.1) is 10.1 Å². The van der Waals surface area contributed by atoms with Gasteiger partial charge in [0.25, 0.3) is 5.69 Å². The van der Waals surface area contributed by atoms with Crippen LogP contribution in [-0.2, 0) is 0 Å². The predicted octanol–water partition coefficient (Wildman–Crippen LogP) is 3.03. The standard InChI is InChI=1S/C15H20N4O2/c1-4-13(16-5-2)10(3)15-12-8-11(19(20)21)6-7-14(12)17-9-18-15/h6-10,13,16H,4-5H2,1-3H3. The third kappa shape index (κ3) is 3.16.